The van der Waals surface area contributed by atoms with Crippen molar-refractivity contribution in [2.24, 2.45) is 5.10 Å². The topological polar surface area (TPSA) is 79.5 Å². The lowest BCUT2D eigenvalue weighted by atomic mass is 10.2. The van der Waals surface area contributed by atoms with Gasteiger partial charge in [-0.15, -0.1) is 0 Å². The van der Waals surface area contributed by atoms with Gasteiger partial charge in [-0.2, -0.15) is 18.3 Å². The molecule has 0 atom stereocenters. The Balaban J connectivity index is 2.36. The maximum atomic E-state index is 11.7. The van der Waals surface area contributed by atoms with E-state index in [1.165, 1.54) is 6.21 Å². The molecule has 0 radical (unpaired) electrons. The van der Waals surface area contributed by atoms with E-state index < -0.39 is 18.8 Å². The van der Waals surface area contributed by atoms with Gasteiger partial charge in [-0.05, 0) is 17.7 Å². The molecular weight excluding hydrogens is 249 g/mol. The van der Waals surface area contributed by atoms with Crippen LogP contribution in [0.5, 0.6) is 0 Å². The summed E-state index contributed by atoms with van der Waals surface area (Å²) in [5.74, 6) is 0. The Morgan fingerprint density at radius 2 is 1.94 bits per heavy atom. The highest BCUT2D eigenvalue weighted by molar-refractivity contribution is 5.82. The second-order valence-corrected chi connectivity index (χ2v) is 3.33. The molecule has 5 nitrogen and oxygen atoms in total. The first-order valence-corrected chi connectivity index (χ1v) is 4.86. The summed E-state index contributed by atoms with van der Waals surface area (Å²) in [6, 6.07) is 5.53. The van der Waals surface area contributed by atoms with Gasteiger partial charge in [0.1, 0.15) is 6.54 Å². The van der Waals surface area contributed by atoms with E-state index in [-0.39, 0.29) is 0 Å². The van der Waals surface area contributed by atoms with Crippen LogP contribution in [0.3, 0.4) is 0 Å². The lowest BCUT2D eigenvalue weighted by molar-refractivity contribution is -0.122. The van der Waals surface area contributed by atoms with Crippen LogP contribution >= 0.6 is 0 Å². The summed E-state index contributed by atoms with van der Waals surface area (Å²) >= 11 is 0. The van der Waals surface area contributed by atoms with Crippen molar-refractivity contribution in [3.63, 3.8) is 0 Å². The van der Waals surface area contributed by atoms with Crippen LogP contribution in [0, 0.1) is 0 Å². The molecule has 1 rings (SSSR count). The molecule has 18 heavy (non-hydrogen) atoms. The highest BCUT2D eigenvalue weighted by Gasteiger charge is 2.27. The Bertz CT molecular complexity index is 428. The monoisotopic (exact) mass is 260 g/mol. The Labute approximate surface area is 101 Å². The molecule has 0 saturated carbocycles. The summed E-state index contributed by atoms with van der Waals surface area (Å²) in [5, 5.41) is 5.09. The predicted octanol–water partition coefficient (Wildman–Crippen LogP) is 1.46. The van der Waals surface area contributed by atoms with Gasteiger partial charge in [0.2, 0.25) is 0 Å². The smallest absolute Gasteiger partial charge is 0.399 e. The molecule has 0 aliphatic rings. The molecule has 0 saturated heterocycles. The number of anilines is 1. The van der Waals surface area contributed by atoms with Crippen LogP contribution in [0.2, 0.25) is 0 Å². The summed E-state index contributed by atoms with van der Waals surface area (Å²) in [6.45, 7) is -1.41. The fourth-order valence-corrected chi connectivity index (χ4v) is 0.968. The van der Waals surface area contributed by atoms with E-state index in [0.29, 0.717) is 11.3 Å². The number of nitrogens with zero attached hydrogens (tertiary/aromatic N) is 1. The third kappa shape index (κ3) is 5.73. The van der Waals surface area contributed by atoms with Gasteiger partial charge in [-0.25, -0.2) is 10.2 Å². The Hall–Kier alpha value is -2.25. The first-order chi connectivity index (χ1) is 8.37. The molecule has 0 unspecified atom stereocenters. The van der Waals surface area contributed by atoms with Gasteiger partial charge in [-0.1, -0.05) is 12.1 Å². The molecule has 0 fully saturated rings. The van der Waals surface area contributed by atoms with Crippen molar-refractivity contribution in [2.45, 2.75) is 6.18 Å². The number of nitrogens with two attached hydrogens (primary N) is 1. The van der Waals surface area contributed by atoms with E-state index in [0.717, 1.165) is 0 Å². The highest BCUT2D eigenvalue weighted by Crippen LogP contribution is 2.11. The molecule has 0 aliphatic heterocycles. The minimum Gasteiger partial charge on any atom is -0.399 e. The number of benzene rings is 1. The normalized spacial score (nSPS) is 11.5. The average molecular weight is 260 g/mol. The van der Waals surface area contributed by atoms with Crippen LogP contribution in [0.25, 0.3) is 0 Å². The van der Waals surface area contributed by atoms with Crippen molar-refractivity contribution >= 4 is 17.9 Å². The number of hydrogen-bond donors (Lipinski definition) is 3. The van der Waals surface area contributed by atoms with E-state index in [4.69, 9.17) is 5.73 Å². The SMILES string of the molecule is Nc1ccc(C=NNC(=O)NCC(F)(F)F)cc1. The van der Waals surface area contributed by atoms with Crippen molar-refractivity contribution in [1.29, 1.82) is 0 Å². The number of amides is 2. The molecule has 8 heteroatoms. The quantitative estimate of drug-likeness (QED) is 0.437. The number of carbonyl (C=O) groups excluding carboxylic acids is 1. The fourth-order valence-electron chi connectivity index (χ4n) is 0.968. The second kappa shape index (κ2) is 5.89. The first kappa shape index (κ1) is 13.8. The number of halogens is 3. The lowest BCUT2D eigenvalue weighted by Crippen LogP contribution is -2.38. The van der Waals surface area contributed by atoms with Crippen molar-refractivity contribution < 1.29 is 18.0 Å². The number of rotatable bonds is 3. The van der Waals surface area contributed by atoms with Crippen LogP contribution in [-0.2, 0) is 0 Å². The Morgan fingerprint density at radius 1 is 1.33 bits per heavy atom. The Morgan fingerprint density at radius 3 is 2.50 bits per heavy atom. The summed E-state index contributed by atoms with van der Waals surface area (Å²) in [4.78, 5) is 10.9. The van der Waals surface area contributed by atoms with E-state index in [1.807, 2.05) is 5.43 Å². The molecule has 4 N–H and O–H groups in total. The maximum Gasteiger partial charge on any atom is 0.405 e. The van der Waals surface area contributed by atoms with Crippen molar-refractivity contribution in [2.75, 3.05) is 12.3 Å². The third-order valence-corrected chi connectivity index (χ3v) is 1.77. The molecule has 0 bridgehead atoms. The number of nitrogen functional groups attached to an aromatic ring is 1. The zero-order valence-corrected chi connectivity index (χ0v) is 9.16. The standard InChI is InChI=1S/C10H11F3N4O/c11-10(12,13)6-15-9(18)17-16-5-7-1-3-8(14)4-2-7/h1-5H,6,14H2,(H2,15,17,18). The number of alkyl halides is 3. The number of carbonyl (C=O) groups is 1. The Kier molecular flexibility index (Phi) is 4.52. The lowest BCUT2D eigenvalue weighted by Gasteiger charge is -2.06. The molecule has 1 aromatic rings. The minimum atomic E-state index is -4.45. The van der Waals surface area contributed by atoms with Crippen LogP contribution in [0.15, 0.2) is 29.4 Å². The molecule has 1 aromatic carbocycles. The average Bonchev–Trinajstić information content (AvgIpc) is 2.28. The molecule has 2 amide bonds. The van der Waals surface area contributed by atoms with E-state index in [1.54, 1.807) is 29.6 Å². The van der Waals surface area contributed by atoms with Crippen LogP contribution < -0.4 is 16.5 Å². The number of hydrazone groups is 1. The predicted molar refractivity (Wildman–Crippen MR) is 61.0 cm³/mol. The van der Waals surface area contributed by atoms with Crippen molar-refractivity contribution in [1.82, 2.24) is 10.7 Å². The van der Waals surface area contributed by atoms with Gasteiger partial charge in [-0.3, -0.25) is 0 Å². The number of nitrogens with one attached hydrogen (secondary N) is 2. The van der Waals surface area contributed by atoms with Gasteiger partial charge in [0, 0.05) is 5.69 Å². The van der Waals surface area contributed by atoms with Crippen LogP contribution in [0.1, 0.15) is 5.56 Å². The van der Waals surface area contributed by atoms with Gasteiger partial charge in [0.15, 0.2) is 0 Å². The van der Waals surface area contributed by atoms with Crippen LogP contribution in [0.4, 0.5) is 23.7 Å². The number of hydrogen-bond acceptors (Lipinski definition) is 3. The maximum absolute atomic E-state index is 11.7. The first-order valence-electron chi connectivity index (χ1n) is 4.86. The summed E-state index contributed by atoms with van der Waals surface area (Å²) in [6.07, 6.45) is -3.16. The largest absolute Gasteiger partial charge is 0.405 e. The summed E-state index contributed by atoms with van der Waals surface area (Å²) in [5.41, 5.74) is 8.58. The zero-order chi connectivity index (χ0) is 13.6. The van der Waals surface area contributed by atoms with Gasteiger partial charge in [0.25, 0.3) is 0 Å². The fraction of sp³-hybridized carbons (Fsp3) is 0.200. The van der Waals surface area contributed by atoms with E-state index in [2.05, 4.69) is 5.10 Å². The van der Waals surface area contributed by atoms with Gasteiger partial charge >= 0.3 is 12.2 Å². The van der Waals surface area contributed by atoms with Crippen molar-refractivity contribution in [3.8, 4) is 0 Å². The number of urea groups is 1. The third-order valence-electron chi connectivity index (χ3n) is 1.77. The molecule has 0 heterocycles. The molecule has 0 spiro atoms. The summed E-state index contributed by atoms with van der Waals surface area (Å²) in [7, 11) is 0. The van der Waals surface area contributed by atoms with E-state index in [9.17, 15) is 18.0 Å². The molecular formula is C10H11F3N4O. The van der Waals surface area contributed by atoms with Gasteiger partial charge in [0.05, 0.1) is 6.21 Å². The molecule has 0 aliphatic carbocycles. The van der Waals surface area contributed by atoms with E-state index >= 15 is 0 Å². The minimum absolute atomic E-state index is 0.572. The highest BCUT2D eigenvalue weighted by atomic mass is 19.4. The summed E-state index contributed by atoms with van der Waals surface area (Å²) < 4.78 is 35.2. The van der Waals surface area contributed by atoms with Crippen LogP contribution in [-0.4, -0.2) is 25.0 Å². The zero-order valence-electron chi connectivity index (χ0n) is 9.16. The molecule has 0 aromatic heterocycles. The van der Waals surface area contributed by atoms with Gasteiger partial charge < -0.3 is 11.1 Å². The molecule has 98 valence electrons. The second-order valence-electron chi connectivity index (χ2n) is 3.33. The van der Waals surface area contributed by atoms with Crippen molar-refractivity contribution in [3.05, 3.63) is 29.8 Å².